The molecule has 0 atom stereocenters. The summed E-state index contributed by atoms with van der Waals surface area (Å²) >= 11 is 13.5. The summed E-state index contributed by atoms with van der Waals surface area (Å²) in [6.07, 6.45) is 3.31. The van der Waals surface area contributed by atoms with Gasteiger partial charge in [0.25, 0.3) is 5.91 Å². The molecule has 3 rings (SSSR count). The van der Waals surface area contributed by atoms with Crippen LogP contribution in [0.5, 0.6) is 0 Å². The molecule has 0 aliphatic rings. The number of rotatable bonds is 4. The highest BCUT2D eigenvalue weighted by Crippen LogP contribution is 2.25. The minimum atomic E-state index is -0.179. The van der Waals surface area contributed by atoms with E-state index in [2.05, 4.69) is 10.3 Å². The summed E-state index contributed by atoms with van der Waals surface area (Å²) in [4.78, 5) is 17.5. The lowest BCUT2D eigenvalue weighted by Crippen LogP contribution is -2.22. The van der Waals surface area contributed by atoms with Gasteiger partial charge in [0.2, 0.25) is 0 Å². The Bertz CT molecular complexity index is 834. The number of hydrogen-bond acceptors (Lipinski definition) is 3. The topological polar surface area (TPSA) is 42.0 Å². The van der Waals surface area contributed by atoms with Crippen molar-refractivity contribution in [3.63, 3.8) is 0 Å². The summed E-state index contributed by atoms with van der Waals surface area (Å²) in [5, 5.41) is 5.82. The van der Waals surface area contributed by atoms with Crippen LogP contribution >= 0.6 is 34.5 Å². The molecule has 6 heteroatoms. The molecular weight excluding hydrogens is 351 g/mol. The van der Waals surface area contributed by atoms with Crippen molar-refractivity contribution in [1.29, 1.82) is 0 Å². The van der Waals surface area contributed by atoms with Crippen molar-refractivity contribution >= 4 is 40.4 Å². The maximum absolute atomic E-state index is 12.3. The second-order valence-electron chi connectivity index (χ2n) is 4.87. The Kier molecular flexibility index (Phi) is 4.96. The van der Waals surface area contributed by atoms with Gasteiger partial charge < -0.3 is 5.32 Å². The Hall–Kier alpha value is -1.88. The molecule has 0 radical (unpaired) electrons. The summed E-state index contributed by atoms with van der Waals surface area (Å²) < 4.78 is 0. The van der Waals surface area contributed by atoms with Crippen molar-refractivity contribution < 1.29 is 4.79 Å². The highest BCUT2D eigenvalue weighted by Gasteiger charge is 2.09. The van der Waals surface area contributed by atoms with Gasteiger partial charge in [0.1, 0.15) is 0 Å². The molecule has 0 fully saturated rings. The molecule has 23 heavy (non-hydrogen) atoms. The minimum Gasteiger partial charge on any atom is -0.348 e. The molecule has 0 bridgehead atoms. The van der Waals surface area contributed by atoms with Gasteiger partial charge in [0.15, 0.2) is 0 Å². The molecule has 0 spiro atoms. The molecule has 3 aromatic rings. The van der Waals surface area contributed by atoms with Gasteiger partial charge in [-0.1, -0.05) is 35.3 Å². The fourth-order valence-corrected chi connectivity index (χ4v) is 3.10. The zero-order valence-electron chi connectivity index (χ0n) is 11.9. The third-order valence-corrected chi connectivity index (χ3v) is 4.90. The molecule has 0 saturated carbocycles. The lowest BCUT2D eigenvalue weighted by molar-refractivity contribution is 0.0950. The van der Waals surface area contributed by atoms with E-state index in [0.29, 0.717) is 22.2 Å². The number of halogens is 2. The van der Waals surface area contributed by atoms with Gasteiger partial charge in [-0.05, 0) is 35.2 Å². The predicted molar refractivity (Wildman–Crippen MR) is 95.2 cm³/mol. The Morgan fingerprint density at radius 3 is 2.74 bits per heavy atom. The van der Waals surface area contributed by atoms with Gasteiger partial charge in [0, 0.05) is 29.4 Å². The first-order valence-corrected chi connectivity index (χ1v) is 8.48. The SMILES string of the molecule is O=C(NCc1ccc(Cl)c(Cl)c1)c1cncc(-c2cccs2)c1. The Balaban J connectivity index is 1.71. The molecule has 1 N–H and O–H groups in total. The van der Waals surface area contributed by atoms with Crippen LogP contribution in [-0.4, -0.2) is 10.9 Å². The fraction of sp³-hybridized carbons (Fsp3) is 0.0588. The third-order valence-electron chi connectivity index (χ3n) is 3.24. The highest BCUT2D eigenvalue weighted by molar-refractivity contribution is 7.13. The average Bonchev–Trinajstić information content (AvgIpc) is 3.10. The van der Waals surface area contributed by atoms with E-state index in [9.17, 15) is 4.79 Å². The van der Waals surface area contributed by atoms with E-state index in [1.165, 1.54) is 0 Å². The predicted octanol–water partition coefficient (Wildman–Crippen LogP) is 5.05. The Morgan fingerprint density at radius 1 is 1.13 bits per heavy atom. The normalized spacial score (nSPS) is 10.5. The first kappa shape index (κ1) is 16.0. The molecule has 0 aliphatic carbocycles. The van der Waals surface area contributed by atoms with Crippen LogP contribution in [0.15, 0.2) is 54.2 Å². The molecule has 2 heterocycles. The number of thiophene rings is 1. The first-order valence-electron chi connectivity index (χ1n) is 6.84. The van der Waals surface area contributed by atoms with Crippen molar-refractivity contribution in [2.75, 3.05) is 0 Å². The van der Waals surface area contributed by atoms with E-state index in [0.717, 1.165) is 16.0 Å². The van der Waals surface area contributed by atoms with Crippen LogP contribution in [0, 0.1) is 0 Å². The molecule has 0 aliphatic heterocycles. The van der Waals surface area contributed by atoms with Crippen LogP contribution in [0.3, 0.4) is 0 Å². The largest absolute Gasteiger partial charge is 0.348 e. The van der Waals surface area contributed by atoms with Crippen molar-refractivity contribution in [2.45, 2.75) is 6.54 Å². The number of aromatic nitrogens is 1. The molecule has 116 valence electrons. The number of nitrogens with zero attached hydrogens (tertiary/aromatic N) is 1. The highest BCUT2D eigenvalue weighted by atomic mass is 35.5. The van der Waals surface area contributed by atoms with E-state index in [4.69, 9.17) is 23.2 Å². The summed E-state index contributed by atoms with van der Waals surface area (Å²) in [5.41, 5.74) is 2.34. The number of pyridine rings is 1. The van der Waals surface area contributed by atoms with Gasteiger partial charge >= 0.3 is 0 Å². The minimum absolute atomic E-state index is 0.179. The lowest BCUT2D eigenvalue weighted by Gasteiger charge is -2.07. The summed E-state index contributed by atoms with van der Waals surface area (Å²) in [6, 6.07) is 11.1. The van der Waals surface area contributed by atoms with Gasteiger partial charge in [-0.25, -0.2) is 0 Å². The van der Waals surface area contributed by atoms with E-state index in [-0.39, 0.29) is 5.91 Å². The maximum Gasteiger partial charge on any atom is 0.253 e. The van der Waals surface area contributed by atoms with Crippen molar-refractivity contribution in [3.8, 4) is 10.4 Å². The van der Waals surface area contributed by atoms with Gasteiger partial charge in [-0.15, -0.1) is 11.3 Å². The monoisotopic (exact) mass is 362 g/mol. The molecule has 1 aromatic carbocycles. The van der Waals surface area contributed by atoms with E-state index < -0.39 is 0 Å². The molecule has 0 unspecified atom stereocenters. The lowest BCUT2D eigenvalue weighted by atomic mass is 10.1. The second kappa shape index (κ2) is 7.13. The van der Waals surface area contributed by atoms with Crippen molar-refractivity contribution in [2.24, 2.45) is 0 Å². The van der Waals surface area contributed by atoms with Gasteiger partial charge in [-0.3, -0.25) is 9.78 Å². The smallest absolute Gasteiger partial charge is 0.253 e. The fourth-order valence-electron chi connectivity index (χ4n) is 2.08. The van der Waals surface area contributed by atoms with Crippen LogP contribution in [0.25, 0.3) is 10.4 Å². The van der Waals surface area contributed by atoms with Crippen LogP contribution in [0.4, 0.5) is 0 Å². The zero-order valence-corrected chi connectivity index (χ0v) is 14.3. The van der Waals surface area contributed by atoms with Crippen LogP contribution in [-0.2, 0) is 6.54 Å². The van der Waals surface area contributed by atoms with Crippen LogP contribution in [0.2, 0.25) is 10.0 Å². The van der Waals surface area contributed by atoms with E-state index >= 15 is 0 Å². The molecule has 2 aromatic heterocycles. The first-order chi connectivity index (χ1) is 11.1. The Labute approximate surface area is 147 Å². The summed E-state index contributed by atoms with van der Waals surface area (Å²) in [7, 11) is 0. The molecule has 1 amide bonds. The average molecular weight is 363 g/mol. The molecule has 0 saturated heterocycles. The van der Waals surface area contributed by atoms with Crippen molar-refractivity contribution in [3.05, 3.63) is 75.3 Å². The molecule has 3 nitrogen and oxygen atoms in total. The number of benzene rings is 1. The van der Waals surface area contributed by atoms with Crippen molar-refractivity contribution in [1.82, 2.24) is 10.3 Å². The number of carbonyl (C=O) groups excluding carboxylic acids is 1. The van der Waals surface area contributed by atoms with Crippen LogP contribution in [0.1, 0.15) is 15.9 Å². The Morgan fingerprint density at radius 2 is 2.00 bits per heavy atom. The second-order valence-corrected chi connectivity index (χ2v) is 6.63. The number of nitrogens with one attached hydrogen (secondary N) is 1. The van der Waals surface area contributed by atoms with Crippen LogP contribution < -0.4 is 5.32 Å². The summed E-state index contributed by atoms with van der Waals surface area (Å²) in [5.74, 6) is -0.179. The van der Waals surface area contributed by atoms with E-state index in [1.807, 2.05) is 29.6 Å². The standard InChI is InChI=1S/C17H12Cl2N2OS/c18-14-4-3-11(6-15(14)19)8-21-17(22)13-7-12(9-20-10-13)16-2-1-5-23-16/h1-7,9-10H,8H2,(H,21,22). The van der Waals surface area contributed by atoms with Gasteiger partial charge in [-0.2, -0.15) is 0 Å². The zero-order chi connectivity index (χ0) is 16.2. The van der Waals surface area contributed by atoms with E-state index in [1.54, 1.807) is 35.9 Å². The quantitative estimate of drug-likeness (QED) is 0.705. The third kappa shape index (κ3) is 3.91. The summed E-state index contributed by atoms with van der Waals surface area (Å²) in [6.45, 7) is 0.374. The maximum atomic E-state index is 12.3. The molecular formula is C17H12Cl2N2OS. The number of amides is 1. The number of carbonyl (C=O) groups is 1. The number of hydrogen-bond donors (Lipinski definition) is 1. The van der Waals surface area contributed by atoms with Gasteiger partial charge in [0.05, 0.1) is 15.6 Å².